The Balaban J connectivity index is 1.95. The topological polar surface area (TPSA) is 136 Å². The molecule has 2 aromatic carbocycles. The summed E-state index contributed by atoms with van der Waals surface area (Å²) in [5.74, 6) is -0.317. The van der Waals surface area contributed by atoms with E-state index in [4.69, 9.17) is 4.74 Å². The monoisotopic (exact) mass is 447 g/mol. The van der Waals surface area contributed by atoms with Gasteiger partial charge in [-0.1, -0.05) is 0 Å². The van der Waals surface area contributed by atoms with Crippen molar-refractivity contribution in [1.82, 2.24) is 0 Å². The van der Waals surface area contributed by atoms with Gasteiger partial charge >= 0.3 is 0 Å². The number of rotatable bonds is 6. The minimum absolute atomic E-state index is 0.0514. The SMILES string of the molecule is COc1ccc(NC(=O)c2cc([N+](=O)[O-])cc(S(C)(=O)=O)c2)cc1N1CCCCC1=O. The van der Waals surface area contributed by atoms with Crippen LogP contribution < -0.4 is 15.0 Å². The van der Waals surface area contributed by atoms with Gasteiger partial charge in [0.15, 0.2) is 9.84 Å². The quantitative estimate of drug-likeness (QED) is 0.531. The Morgan fingerprint density at radius 2 is 1.94 bits per heavy atom. The van der Waals surface area contributed by atoms with Crippen LogP contribution in [0.3, 0.4) is 0 Å². The number of nitrogens with zero attached hydrogens (tertiary/aromatic N) is 2. The molecule has 1 N–H and O–H groups in total. The fourth-order valence-electron chi connectivity index (χ4n) is 3.28. The molecule has 0 saturated carbocycles. The Kier molecular flexibility index (Phi) is 6.25. The maximum atomic E-state index is 12.7. The average molecular weight is 447 g/mol. The van der Waals surface area contributed by atoms with Crippen LogP contribution in [0.25, 0.3) is 0 Å². The number of amides is 2. The van der Waals surface area contributed by atoms with Gasteiger partial charge in [-0.15, -0.1) is 0 Å². The Labute approximate surface area is 178 Å². The number of benzene rings is 2. The molecule has 10 nitrogen and oxygen atoms in total. The first kappa shape index (κ1) is 22.2. The molecule has 1 aliphatic heterocycles. The lowest BCUT2D eigenvalue weighted by Gasteiger charge is -2.28. The molecule has 1 fully saturated rings. The Morgan fingerprint density at radius 3 is 2.55 bits per heavy atom. The first-order valence-electron chi connectivity index (χ1n) is 9.39. The highest BCUT2D eigenvalue weighted by atomic mass is 32.2. The van der Waals surface area contributed by atoms with E-state index in [1.807, 2.05) is 0 Å². The van der Waals surface area contributed by atoms with E-state index in [1.54, 1.807) is 23.1 Å². The van der Waals surface area contributed by atoms with Crippen molar-refractivity contribution in [1.29, 1.82) is 0 Å². The predicted molar refractivity (Wildman–Crippen MR) is 113 cm³/mol. The number of methoxy groups -OCH3 is 1. The van der Waals surface area contributed by atoms with Crippen LogP contribution in [0.15, 0.2) is 41.3 Å². The molecule has 0 aliphatic carbocycles. The first-order chi connectivity index (χ1) is 14.6. The summed E-state index contributed by atoms with van der Waals surface area (Å²) in [5.41, 5.74) is 0.135. The third-order valence-electron chi connectivity index (χ3n) is 4.84. The van der Waals surface area contributed by atoms with Crippen molar-refractivity contribution in [3.8, 4) is 5.75 Å². The van der Waals surface area contributed by atoms with Crippen LogP contribution in [0.1, 0.15) is 29.6 Å². The molecule has 0 radical (unpaired) electrons. The summed E-state index contributed by atoms with van der Waals surface area (Å²) in [6.07, 6.45) is 2.97. The molecule has 0 aromatic heterocycles. The number of nitro groups is 1. The van der Waals surface area contributed by atoms with Crippen molar-refractivity contribution in [3.05, 3.63) is 52.1 Å². The van der Waals surface area contributed by atoms with Crippen LogP contribution in [0.4, 0.5) is 17.1 Å². The number of anilines is 2. The minimum atomic E-state index is -3.77. The number of sulfone groups is 1. The zero-order valence-electron chi connectivity index (χ0n) is 17.0. The summed E-state index contributed by atoms with van der Waals surface area (Å²) in [4.78, 5) is 36.7. The molecule has 2 aromatic rings. The second-order valence-electron chi connectivity index (χ2n) is 7.09. The lowest BCUT2D eigenvalue weighted by molar-refractivity contribution is -0.385. The van der Waals surface area contributed by atoms with Crippen LogP contribution in [0.5, 0.6) is 5.75 Å². The second-order valence-corrected chi connectivity index (χ2v) is 9.10. The number of carbonyl (C=O) groups excluding carboxylic acids is 2. The van der Waals surface area contributed by atoms with E-state index in [9.17, 15) is 28.1 Å². The maximum absolute atomic E-state index is 12.7. The Morgan fingerprint density at radius 1 is 1.19 bits per heavy atom. The largest absolute Gasteiger partial charge is 0.495 e. The molecule has 11 heteroatoms. The molecule has 0 spiro atoms. The number of carbonyl (C=O) groups is 2. The van der Waals surface area contributed by atoms with Crippen molar-refractivity contribution in [3.63, 3.8) is 0 Å². The highest BCUT2D eigenvalue weighted by molar-refractivity contribution is 7.90. The molecule has 3 rings (SSSR count). The van der Waals surface area contributed by atoms with Crippen LogP contribution in [-0.2, 0) is 14.6 Å². The van der Waals surface area contributed by atoms with Crippen molar-refractivity contribution in [2.24, 2.45) is 0 Å². The standard InChI is InChI=1S/C20H21N3O7S/c1-30-18-7-6-14(11-17(18)22-8-4-3-5-19(22)24)21-20(25)13-9-15(23(26)27)12-16(10-13)31(2,28)29/h6-7,9-12H,3-5,8H2,1-2H3,(H,21,25). The van der Waals surface area contributed by atoms with Gasteiger partial charge < -0.3 is 15.0 Å². The average Bonchev–Trinajstić information content (AvgIpc) is 2.73. The van der Waals surface area contributed by atoms with Gasteiger partial charge in [0, 0.05) is 42.6 Å². The second kappa shape index (κ2) is 8.72. The molecule has 0 unspecified atom stereocenters. The van der Waals surface area contributed by atoms with Crippen molar-refractivity contribution < 1.29 is 27.7 Å². The van der Waals surface area contributed by atoms with E-state index in [-0.39, 0.29) is 16.4 Å². The van der Waals surface area contributed by atoms with Gasteiger partial charge in [0.2, 0.25) is 5.91 Å². The van der Waals surface area contributed by atoms with Gasteiger partial charge in [0.25, 0.3) is 11.6 Å². The van der Waals surface area contributed by atoms with Gasteiger partial charge in [0.1, 0.15) is 5.75 Å². The molecular formula is C20H21N3O7S. The summed E-state index contributed by atoms with van der Waals surface area (Å²) >= 11 is 0. The summed E-state index contributed by atoms with van der Waals surface area (Å²) in [6.45, 7) is 0.523. The lowest BCUT2D eigenvalue weighted by atomic mass is 10.1. The highest BCUT2D eigenvalue weighted by Crippen LogP contribution is 2.34. The van der Waals surface area contributed by atoms with E-state index in [2.05, 4.69) is 5.32 Å². The van der Waals surface area contributed by atoms with Crippen LogP contribution in [0, 0.1) is 10.1 Å². The van der Waals surface area contributed by atoms with Gasteiger partial charge in [-0.05, 0) is 37.1 Å². The number of ether oxygens (including phenoxy) is 1. The lowest BCUT2D eigenvalue weighted by Crippen LogP contribution is -2.35. The number of nitro benzene ring substituents is 1. The van der Waals surface area contributed by atoms with Crippen molar-refractivity contribution in [2.75, 3.05) is 30.1 Å². The predicted octanol–water partition coefficient (Wildman–Crippen LogP) is 2.78. The van der Waals surface area contributed by atoms with Crippen molar-refractivity contribution >= 4 is 38.7 Å². The van der Waals surface area contributed by atoms with E-state index in [0.717, 1.165) is 37.3 Å². The molecule has 2 amide bonds. The molecule has 0 bridgehead atoms. The number of nitrogens with one attached hydrogen (secondary N) is 1. The summed E-state index contributed by atoms with van der Waals surface area (Å²) in [6, 6.07) is 7.72. The molecule has 1 heterocycles. The third-order valence-corrected chi connectivity index (χ3v) is 5.94. The molecular weight excluding hydrogens is 426 g/mol. The number of hydrogen-bond acceptors (Lipinski definition) is 7. The Hall–Kier alpha value is -3.47. The van der Waals surface area contributed by atoms with E-state index < -0.39 is 26.4 Å². The number of hydrogen-bond donors (Lipinski definition) is 1. The summed E-state index contributed by atoms with van der Waals surface area (Å²) in [5, 5.41) is 13.8. The fraction of sp³-hybridized carbons (Fsp3) is 0.300. The van der Waals surface area contributed by atoms with Crippen LogP contribution >= 0.6 is 0 Å². The van der Waals surface area contributed by atoms with E-state index >= 15 is 0 Å². The van der Waals surface area contributed by atoms with Gasteiger partial charge in [-0.3, -0.25) is 19.7 Å². The molecule has 0 atom stereocenters. The van der Waals surface area contributed by atoms with E-state index in [1.165, 1.54) is 7.11 Å². The number of piperidine rings is 1. The molecule has 164 valence electrons. The van der Waals surface area contributed by atoms with Gasteiger partial charge in [-0.25, -0.2) is 8.42 Å². The normalized spacial score (nSPS) is 14.3. The highest BCUT2D eigenvalue weighted by Gasteiger charge is 2.24. The van der Waals surface area contributed by atoms with Gasteiger partial charge in [-0.2, -0.15) is 0 Å². The van der Waals surface area contributed by atoms with Crippen LogP contribution in [-0.4, -0.2) is 45.1 Å². The minimum Gasteiger partial charge on any atom is -0.495 e. The zero-order chi connectivity index (χ0) is 22.8. The van der Waals surface area contributed by atoms with Crippen LogP contribution in [0.2, 0.25) is 0 Å². The molecule has 1 saturated heterocycles. The number of non-ortho nitro benzene ring substituents is 1. The Bertz CT molecular complexity index is 1160. The summed E-state index contributed by atoms with van der Waals surface area (Å²) < 4.78 is 29.1. The maximum Gasteiger partial charge on any atom is 0.271 e. The zero-order valence-corrected chi connectivity index (χ0v) is 17.8. The summed E-state index contributed by atoms with van der Waals surface area (Å²) in [7, 11) is -2.30. The molecule has 31 heavy (non-hydrogen) atoms. The van der Waals surface area contributed by atoms with E-state index in [0.29, 0.717) is 30.1 Å². The third kappa shape index (κ3) is 5.00. The first-order valence-corrected chi connectivity index (χ1v) is 11.3. The molecule has 1 aliphatic rings. The fourth-order valence-corrected chi connectivity index (χ4v) is 3.95. The smallest absolute Gasteiger partial charge is 0.271 e. The van der Waals surface area contributed by atoms with Crippen molar-refractivity contribution in [2.45, 2.75) is 24.2 Å². The van der Waals surface area contributed by atoms with Gasteiger partial charge in [0.05, 0.1) is 22.6 Å².